The third-order valence-corrected chi connectivity index (χ3v) is 3.06. The van der Waals surface area contributed by atoms with E-state index in [2.05, 4.69) is 0 Å². The van der Waals surface area contributed by atoms with Gasteiger partial charge >= 0.3 is 0 Å². The molecular formula is C16H24O4. The maximum Gasteiger partial charge on any atom is 0.170 e. The minimum atomic E-state index is -0.513. The van der Waals surface area contributed by atoms with Crippen LogP contribution in [-0.4, -0.2) is 30.2 Å². The second kappa shape index (κ2) is 6.75. The molecule has 0 saturated carbocycles. The van der Waals surface area contributed by atoms with Crippen molar-refractivity contribution in [3.63, 3.8) is 0 Å². The molecule has 1 N–H and O–H groups in total. The van der Waals surface area contributed by atoms with E-state index < -0.39 is 5.60 Å². The lowest BCUT2D eigenvalue weighted by Gasteiger charge is -2.33. The smallest absolute Gasteiger partial charge is 0.170 e. The van der Waals surface area contributed by atoms with Crippen LogP contribution >= 0.6 is 0 Å². The molecule has 0 spiro atoms. The highest BCUT2D eigenvalue weighted by Crippen LogP contribution is 2.40. The number of methoxy groups -OCH3 is 1. The SMILES string of the molecule is CC.COc1ccc2c(c1CCO)OC(C)(C)CC2=O. The van der Waals surface area contributed by atoms with E-state index in [0.717, 1.165) is 5.56 Å². The number of aliphatic hydroxyl groups is 1. The molecule has 0 saturated heterocycles. The summed E-state index contributed by atoms with van der Waals surface area (Å²) in [5.41, 5.74) is 0.831. The monoisotopic (exact) mass is 280 g/mol. The highest BCUT2D eigenvalue weighted by molar-refractivity contribution is 6.01. The Kier molecular flexibility index (Phi) is 5.57. The van der Waals surface area contributed by atoms with Gasteiger partial charge in [0, 0.05) is 18.6 Å². The van der Waals surface area contributed by atoms with Crippen LogP contribution in [0.4, 0.5) is 0 Å². The lowest BCUT2D eigenvalue weighted by molar-refractivity contribution is 0.0610. The number of carbonyl (C=O) groups is 1. The van der Waals surface area contributed by atoms with E-state index in [1.807, 2.05) is 27.7 Å². The Labute approximate surface area is 120 Å². The normalized spacial score (nSPS) is 15.6. The van der Waals surface area contributed by atoms with Crippen molar-refractivity contribution < 1.29 is 19.4 Å². The molecule has 0 aliphatic carbocycles. The lowest BCUT2D eigenvalue weighted by Crippen LogP contribution is -2.36. The van der Waals surface area contributed by atoms with E-state index in [-0.39, 0.29) is 12.4 Å². The van der Waals surface area contributed by atoms with E-state index in [9.17, 15) is 4.79 Å². The number of hydrogen-bond donors (Lipinski definition) is 1. The maximum absolute atomic E-state index is 12.1. The zero-order chi connectivity index (χ0) is 15.3. The minimum absolute atomic E-state index is 0.00913. The third kappa shape index (κ3) is 3.31. The van der Waals surface area contributed by atoms with E-state index in [4.69, 9.17) is 14.6 Å². The minimum Gasteiger partial charge on any atom is -0.496 e. The van der Waals surface area contributed by atoms with Crippen molar-refractivity contribution in [1.82, 2.24) is 0 Å². The zero-order valence-electron chi connectivity index (χ0n) is 12.9. The summed E-state index contributed by atoms with van der Waals surface area (Å²) in [4.78, 5) is 12.1. The van der Waals surface area contributed by atoms with Crippen molar-refractivity contribution in [2.24, 2.45) is 0 Å². The van der Waals surface area contributed by atoms with Crippen molar-refractivity contribution in [3.8, 4) is 11.5 Å². The number of benzene rings is 1. The molecule has 1 aliphatic rings. The van der Waals surface area contributed by atoms with Crippen LogP contribution in [0.5, 0.6) is 11.5 Å². The lowest BCUT2D eigenvalue weighted by atomic mass is 9.90. The predicted molar refractivity (Wildman–Crippen MR) is 78.8 cm³/mol. The second-order valence-electron chi connectivity index (χ2n) is 5.06. The quantitative estimate of drug-likeness (QED) is 0.924. The molecule has 4 heteroatoms. The number of aliphatic hydroxyl groups excluding tert-OH is 1. The largest absolute Gasteiger partial charge is 0.496 e. The Hall–Kier alpha value is -1.55. The van der Waals surface area contributed by atoms with Crippen LogP contribution in [-0.2, 0) is 6.42 Å². The third-order valence-electron chi connectivity index (χ3n) is 3.06. The van der Waals surface area contributed by atoms with Gasteiger partial charge < -0.3 is 14.6 Å². The summed E-state index contributed by atoms with van der Waals surface area (Å²) < 4.78 is 11.2. The summed E-state index contributed by atoms with van der Waals surface area (Å²) in [6.07, 6.45) is 0.778. The number of ether oxygens (including phenoxy) is 2. The average Bonchev–Trinajstić information content (AvgIpc) is 2.41. The van der Waals surface area contributed by atoms with Gasteiger partial charge in [0.15, 0.2) is 5.78 Å². The standard InChI is InChI=1S/C14H18O4.C2H6/c1-14(2)8-11(16)9-4-5-12(17-3)10(6-7-15)13(9)18-14;1-2/h4-5,15H,6-8H2,1-3H3;1-2H3. The molecule has 0 bridgehead atoms. The van der Waals surface area contributed by atoms with E-state index in [0.29, 0.717) is 29.9 Å². The molecule has 0 fully saturated rings. The van der Waals surface area contributed by atoms with Gasteiger partial charge in [0.1, 0.15) is 17.1 Å². The van der Waals surface area contributed by atoms with Crippen molar-refractivity contribution in [1.29, 1.82) is 0 Å². The van der Waals surface area contributed by atoms with E-state index >= 15 is 0 Å². The fourth-order valence-corrected chi connectivity index (χ4v) is 2.28. The van der Waals surface area contributed by atoms with E-state index in [1.165, 1.54) is 0 Å². The summed E-state index contributed by atoms with van der Waals surface area (Å²) in [6, 6.07) is 3.48. The number of fused-ring (bicyclic) bond motifs is 1. The summed E-state index contributed by atoms with van der Waals surface area (Å²) >= 11 is 0. The van der Waals surface area contributed by atoms with Crippen LogP contribution in [0.1, 0.15) is 50.0 Å². The molecular weight excluding hydrogens is 256 g/mol. The van der Waals surface area contributed by atoms with Crippen LogP contribution in [0.15, 0.2) is 12.1 Å². The van der Waals surface area contributed by atoms with Crippen LogP contribution < -0.4 is 9.47 Å². The van der Waals surface area contributed by atoms with Gasteiger partial charge in [0.05, 0.1) is 19.1 Å². The number of ketones is 1. The Balaban J connectivity index is 0.000000956. The van der Waals surface area contributed by atoms with Gasteiger partial charge in [-0.05, 0) is 26.0 Å². The Bertz CT molecular complexity index is 478. The molecule has 112 valence electrons. The van der Waals surface area contributed by atoms with Gasteiger partial charge in [-0.15, -0.1) is 0 Å². The van der Waals surface area contributed by atoms with Gasteiger partial charge in [0.2, 0.25) is 0 Å². The topological polar surface area (TPSA) is 55.8 Å². The molecule has 0 amide bonds. The van der Waals surface area contributed by atoms with Gasteiger partial charge in [-0.1, -0.05) is 13.8 Å². The molecule has 1 aromatic carbocycles. The van der Waals surface area contributed by atoms with Crippen molar-refractivity contribution >= 4 is 5.78 Å². The zero-order valence-corrected chi connectivity index (χ0v) is 12.9. The Morgan fingerprint density at radius 1 is 1.35 bits per heavy atom. The predicted octanol–water partition coefficient (Wildman–Crippen LogP) is 3.00. The van der Waals surface area contributed by atoms with Crippen molar-refractivity contribution in [3.05, 3.63) is 23.3 Å². The first-order chi connectivity index (χ1) is 9.48. The molecule has 1 aliphatic heterocycles. The highest BCUT2D eigenvalue weighted by Gasteiger charge is 2.34. The Morgan fingerprint density at radius 3 is 2.55 bits per heavy atom. The average molecular weight is 280 g/mol. The molecule has 0 aromatic heterocycles. The summed E-state index contributed by atoms with van der Waals surface area (Å²) in [6.45, 7) is 7.76. The molecule has 2 rings (SSSR count). The van der Waals surface area contributed by atoms with Gasteiger partial charge in [0.25, 0.3) is 0 Å². The molecule has 4 nitrogen and oxygen atoms in total. The molecule has 1 aromatic rings. The van der Waals surface area contributed by atoms with Gasteiger partial charge in [-0.3, -0.25) is 4.79 Å². The second-order valence-corrected chi connectivity index (χ2v) is 5.06. The van der Waals surface area contributed by atoms with Gasteiger partial charge in [-0.25, -0.2) is 0 Å². The summed E-state index contributed by atoms with van der Waals surface area (Å²) in [5, 5.41) is 9.14. The van der Waals surface area contributed by atoms with Crippen LogP contribution in [0.3, 0.4) is 0 Å². The van der Waals surface area contributed by atoms with E-state index in [1.54, 1.807) is 19.2 Å². The molecule has 0 radical (unpaired) electrons. The summed E-state index contributed by atoms with van der Waals surface area (Å²) in [7, 11) is 1.57. The highest BCUT2D eigenvalue weighted by atomic mass is 16.5. The number of carbonyl (C=O) groups excluding carboxylic acids is 1. The molecule has 0 unspecified atom stereocenters. The fourth-order valence-electron chi connectivity index (χ4n) is 2.28. The van der Waals surface area contributed by atoms with Gasteiger partial charge in [-0.2, -0.15) is 0 Å². The van der Waals surface area contributed by atoms with Crippen molar-refractivity contribution in [2.45, 2.75) is 46.1 Å². The Morgan fingerprint density at radius 2 is 2.00 bits per heavy atom. The first-order valence-electron chi connectivity index (χ1n) is 7.01. The fraction of sp³-hybridized carbons (Fsp3) is 0.562. The summed E-state index contributed by atoms with van der Waals surface area (Å²) in [5.74, 6) is 1.28. The molecule has 1 heterocycles. The molecule has 20 heavy (non-hydrogen) atoms. The first-order valence-corrected chi connectivity index (χ1v) is 7.01. The number of hydrogen-bond acceptors (Lipinski definition) is 4. The maximum atomic E-state index is 12.1. The first kappa shape index (κ1) is 16.5. The van der Waals surface area contributed by atoms with Crippen LogP contribution in [0, 0.1) is 0 Å². The van der Waals surface area contributed by atoms with Crippen molar-refractivity contribution in [2.75, 3.05) is 13.7 Å². The number of Topliss-reactive ketones (excluding diaryl/α,β-unsaturated/α-hetero) is 1. The molecule has 0 atom stereocenters. The number of rotatable bonds is 3. The van der Waals surface area contributed by atoms with Crippen LogP contribution in [0.25, 0.3) is 0 Å². The van der Waals surface area contributed by atoms with Crippen LogP contribution in [0.2, 0.25) is 0 Å².